The minimum atomic E-state index is -0.645. The Bertz CT molecular complexity index is 334. The van der Waals surface area contributed by atoms with Crippen LogP contribution in [-0.4, -0.2) is 11.1 Å². The van der Waals surface area contributed by atoms with E-state index in [0.717, 1.165) is 25.7 Å². The third-order valence-corrected chi connectivity index (χ3v) is 2.97. The fourth-order valence-electron chi connectivity index (χ4n) is 2.12. The molecule has 0 aromatic rings. The smallest absolute Gasteiger partial charge is 0.306 e. The number of carboxylic acid groups (broad SMARTS) is 1. The lowest BCUT2D eigenvalue weighted by Gasteiger charge is -2.22. The maximum Gasteiger partial charge on any atom is 0.306 e. The molecule has 2 rings (SSSR count). The summed E-state index contributed by atoms with van der Waals surface area (Å²) in [6.45, 7) is 0. The Kier molecular flexibility index (Phi) is 2.53. The second kappa shape index (κ2) is 3.82. The molecule has 14 heavy (non-hydrogen) atoms. The van der Waals surface area contributed by atoms with E-state index in [2.05, 4.69) is 12.2 Å². The van der Waals surface area contributed by atoms with Crippen LogP contribution < -0.4 is 0 Å². The Morgan fingerprint density at radius 2 is 2.29 bits per heavy atom. The van der Waals surface area contributed by atoms with Gasteiger partial charge in [0.05, 0.1) is 5.92 Å². The summed E-state index contributed by atoms with van der Waals surface area (Å²) in [5, 5.41) is 8.94. The summed E-state index contributed by atoms with van der Waals surface area (Å²) in [5.74, 6) is -0.803. The molecule has 1 N–H and O–H groups in total. The number of allylic oxidation sites excluding steroid dienone is 6. The van der Waals surface area contributed by atoms with Crippen molar-refractivity contribution >= 4 is 5.97 Å². The summed E-state index contributed by atoms with van der Waals surface area (Å²) in [7, 11) is 0. The van der Waals surface area contributed by atoms with Gasteiger partial charge in [0.2, 0.25) is 0 Å². The summed E-state index contributed by atoms with van der Waals surface area (Å²) >= 11 is 0. The van der Waals surface area contributed by atoms with Crippen molar-refractivity contribution in [3.05, 3.63) is 35.5 Å². The van der Waals surface area contributed by atoms with Gasteiger partial charge in [-0.05, 0) is 31.3 Å². The van der Waals surface area contributed by atoms with E-state index in [-0.39, 0.29) is 5.92 Å². The first kappa shape index (κ1) is 9.25. The summed E-state index contributed by atoms with van der Waals surface area (Å²) in [4.78, 5) is 10.9. The Morgan fingerprint density at radius 1 is 1.43 bits per heavy atom. The molecular formula is C12H14O2. The summed E-state index contributed by atoms with van der Waals surface area (Å²) in [5.41, 5.74) is 2.67. The molecule has 0 radical (unpaired) electrons. The van der Waals surface area contributed by atoms with Gasteiger partial charge in [0, 0.05) is 0 Å². The highest BCUT2D eigenvalue weighted by Crippen LogP contribution is 2.33. The standard InChI is InChI=1S/C12H14O2/c13-12(14)11-7-6-9-4-2-1-3-5-10(9)8-11/h1-4,11H,5-8H2,(H,13,14)/t11-/m0/s1. The Balaban J connectivity index is 2.18. The molecular weight excluding hydrogens is 176 g/mol. The van der Waals surface area contributed by atoms with E-state index in [1.54, 1.807) is 0 Å². The predicted molar refractivity (Wildman–Crippen MR) is 54.9 cm³/mol. The molecule has 2 heteroatoms. The topological polar surface area (TPSA) is 37.3 Å². The number of carboxylic acids is 1. The number of aliphatic carboxylic acids is 1. The Hall–Kier alpha value is -1.31. The van der Waals surface area contributed by atoms with Crippen molar-refractivity contribution in [2.24, 2.45) is 5.92 Å². The highest BCUT2D eigenvalue weighted by molar-refractivity contribution is 5.71. The Labute approximate surface area is 83.6 Å². The summed E-state index contributed by atoms with van der Waals surface area (Å²) < 4.78 is 0. The minimum Gasteiger partial charge on any atom is -0.481 e. The van der Waals surface area contributed by atoms with Crippen molar-refractivity contribution in [3.8, 4) is 0 Å². The van der Waals surface area contributed by atoms with Crippen molar-refractivity contribution in [1.29, 1.82) is 0 Å². The highest BCUT2D eigenvalue weighted by atomic mass is 16.4. The second-order valence-corrected chi connectivity index (χ2v) is 3.90. The number of rotatable bonds is 1. The lowest BCUT2D eigenvalue weighted by molar-refractivity contribution is -0.142. The van der Waals surface area contributed by atoms with Gasteiger partial charge in [-0.3, -0.25) is 4.79 Å². The third-order valence-electron chi connectivity index (χ3n) is 2.97. The first-order valence-electron chi connectivity index (χ1n) is 5.04. The zero-order chi connectivity index (χ0) is 9.97. The first-order valence-corrected chi connectivity index (χ1v) is 5.04. The van der Waals surface area contributed by atoms with Gasteiger partial charge in [-0.2, -0.15) is 0 Å². The molecule has 0 aliphatic heterocycles. The van der Waals surface area contributed by atoms with Gasteiger partial charge in [-0.15, -0.1) is 0 Å². The number of hydrogen-bond donors (Lipinski definition) is 1. The molecule has 0 spiro atoms. The van der Waals surface area contributed by atoms with Gasteiger partial charge in [-0.25, -0.2) is 0 Å². The first-order chi connectivity index (χ1) is 6.77. The quantitative estimate of drug-likeness (QED) is 0.690. The summed E-state index contributed by atoms with van der Waals surface area (Å²) in [6.07, 6.45) is 11.7. The predicted octanol–water partition coefficient (Wildman–Crippen LogP) is 2.68. The van der Waals surface area contributed by atoms with E-state index in [1.165, 1.54) is 11.1 Å². The SMILES string of the molecule is O=C(O)[C@H]1CCC2=C(CC=CC=C2)C1. The molecule has 0 aromatic carbocycles. The average Bonchev–Trinajstić information content (AvgIpc) is 2.41. The van der Waals surface area contributed by atoms with Crippen LogP contribution in [0.2, 0.25) is 0 Å². The molecule has 0 saturated heterocycles. The summed E-state index contributed by atoms with van der Waals surface area (Å²) in [6, 6.07) is 0. The zero-order valence-electron chi connectivity index (χ0n) is 8.07. The van der Waals surface area contributed by atoms with Crippen LogP contribution in [0.4, 0.5) is 0 Å². The molecule has 0 heterocycles. The average molecular weight is 190 g/mol. The van der Waals surface area contributed by atoms with Crippen LogP contribution in [0.15, 0.2) is 35.5 Å². The maximum absolute atomic E-state index is 10.9. The minimum absolute atomic E-state index is 0.159. The fraction of sp³-hybridized carbons (Fsp3) is 0.417. The van der Waals surface area contributed by atoms with Crippen LogP contribution in [0.3, 0.4) is 0 Å². The maximum atomic E-state index is 10.9. The van der Waals surface area contributed by atoms with Crippen molar-refractivity contribution in [1.82, 2.24) is 0 Å². The molecule has 2 aliphatic carbocycles. The van der Waals surface area contributed by atoms with E-state index in [0.29, 0.717) is 0 Å². The van der Waals surface area contributed by atoms with Gasteiger partial charge < -0.3 is 5.11 Å². The van der Waals surface area contributed by atoms with Crippen molar-refractivity contribution in [2.45, 2.75) is 25.7 Å². The molecule has 74 valence electrons. The van der Waals surface area contributed by atoms with Crippen LogP contribution in [0, 0.1) is 5.92 Å². The largest absolute Gasteiger partial charge is 0.481 e. The molecule has 0 amide bonds. The van der Waals surface area contributed by atoms with Gasteiger partial charge in [-0.1, -0.05) is 29.9 Å². The molecule has 0 saturated carbocycles. The van der Waals surface area contributed by atoms with E-state index >= 15 is 0 Å². The van der Waals surface area contributed by atoms with Crippen LogP contribution in [0.25, 0.3) is 0 Å². The van der Waals surface area contributed by atoms with Crippen molar-refractivity contribution < 1.29 is 9.90 Å². The van der Waals surface area contributed by atoms with Crippen LogP contribution in [0.1, 0.15) is 25.7 Å². The Morgan fingerprint density at radius 3 is 3.07 bits per heavy atom. The third kappa shape index (κ3) is 1.79. The van der Waals surface area contributed by atoms with Gasteiger partial charge in [0.15, 0.2) is 0 Å². The lowest BCUT2D eigenvalue weighted by atomic mass is 9.83. The van der Waals surface area contributed by atoms with Crippen LogP contribution >= 0.6 is 0 Å². The normalized spacial score (nSPS) is 25.9. The fourth-order valence-corrected chi connectivity index (χ4v) is 2.12. The van der Waals surface area contributed by atoms with Crippen LogP contribution in [-0.2, 0) is 4.79 Å². The van der Waals surface area contributed by atoms with Gasteiger partial charge >= 0.3 is 5.97 Å². The van der Waals surface area contributed by atoms with Gasteiger partial charge in [0.25, 0.3) is 0 Å². The molecule has 2 aliphatic rings. The molecule has 1 atom stereocenters. The molecule has 0 fully saturated rings. The van der Waals surface area contributed by atoms with E-state index in [9.17, 15) is 4.79 Å². The van der Waals surface area contributed by atoms with E-state index < -0.39 is 5.97 Å². The number of carbonyl (C=O) groups is 1. The molecule has 0 unspecified atom stereocenters. The lowest BCUT2D eigenvalue weighted by Crippen LogP contribution is -2.18. The van der Waals surface area contributed by atoms with Gasteiger partial charge in [0.1, 0.15) is 0 Å². The van der Waals surface area contributed by atoms with Crippen molar-refractivity contribution in [3.63, 3.8) is 0 Å². The zero-order valence-corrected chi connectivity index (χ0v) is 8.07. The second-order valence-electron chi connectivity index (χ2n) is 3.90. The van der Waals surface area contributed by atoms with Crippen molar-refractivity contribution in [2.75, 3.05) is 0 Å². The monoisotopic (exact) mass is 190 g/mol. The number of hydrogen-bond acceptors (Lipinski definition) is 1. The molecule has 0 aromatic heterocycles. The van der Waals surface area contributed by atoms with E-state index in [4.69, 9.17) is 5.11 Å². The molecule has 0 bridgehead atoms. The van der Waals surface area contributed by atoms with E-state index in [1.807, 2.05) is 12.2 Å². The molecule has 2 nitrogen and oxygen atoms in total. The van der Waals surface area contributed by atoms with Crippen LogP contribution in [0.5, 0.6) is 0 Å². The highest BCUT2D eigenvalue weighted by Gasteiger charge is 2.24.